The highest BCUT2D eigenvalue weighted by Gasteiger charge is 2.27. The molecule has 0 nitrogen and oxygen atoms in total. The summed E-state index contributed by atoms with van der Waals surface area (Å²) in [5.74, 6) is 0.574. The second-order valence-corrected chi connectivity index (χ2v) is 3.08. The summed E-state index contributed by atoms with van der Waals surface area (Å²) in [6, 6.07) is 0. The average molecular weight is 138 g/mol. The van der Waals surface area contributed by atoms with Crippen LogP contribution in [0, 0.1) is 5.92 Å². The largest absolute Gasteiger partial charge is 0.238 e. The van der Waals surface area contributed by atoms with Crippen LogP contribution in [0.25, 0.3) is 0 Å². The zero-order valence-corrected chi connectivity index (χ0v) is 5.89. The van der Waals surface area contributed by atoms with Crippen molar-refractivity contribution in [1.29, 1.82) is 0 Å². The van der Waals surface area contributed by atoms with Crippen molar-refractivity contribution in [2.75, 3.05) is 0 Å². The van der Waals surface area contributed by atoms with Crippen LogP contribution in [0.5, 0.6) is 0 Å². The molecule has 2 rings (SSSR count). The molecule has 0 aromatic carbocycles. The maximum absolute atomic E-state index is 12.9. The Morgan fingerprint density at radius 1 is 1.40 bits per heavy atom. The fraction of sp³-hybridized carbons (Fsp3) is 0.556. The molecule has 0 aromatic heterocycles. The Morgan fingerprint density at radius 2 is 2.20 bits per heavy atom. The van der Waals surface area contributed by atoms with E-state index in [0.29, 0.717) is 5.92 Å². The number of halogens is 1. The van der Waals surface area contributed by atoms with E-state index in [1.54, 1.807) is 6.08 Å². The van der Waals surface area contributed by atoms with E-state index in [0.717, 1.165) is 5.57 Å². The molecule has 2 aliphatic carbocycles. The maximum Gasteiger partial charge on any atom is 0.140 e. The van der Waals surface area contributed by atoms with Crippen molar-refractivity contribution < 1.29 is 4.39 Å². The quantitative estimate of drug-likeness (QED) is 0.522. The zero-order chi connectivity index (χ0) is 6.97. The van der Waals surface area contributed by atoms with E-state index in [9.17, 15) is 4.39 Å². The van der Waals surface area contributed by atoms with Crippen LogP contribution in [-0.4, -0.2) is 6.17 Å². The van der Waals surface area contributed by atoms with E-state index in [2.05, 4.69) is 0 Å². The van der Waals surface area contributed by atoms with Crippen molar-refractivity contribution in [3.8, 4) is 0 Å². The van der Waals surface area contributed by atoms with Crippen molar-refractivity contribution in [2.24, 2.45) is 5.92 Å². The standard InChI is InChI=1S/C9H11F/c10-9-6-2-5-8(9)7-3-1-4-7/h2,5-7,9H,1,3-4H2. The summed E-state index contributed by atoms with van der Waals surface area (Å²) in [5, 5.41) is 0. The Hall–Kier alpha value is -0.590. The van der Waals surface area contributed by atoms with E-state index >= 15 is 0 Å². The van der Waals surface area contributed by atoms with Crippen LogP contribution >= 0.6 is 0 Å². The summed E-state index contributed by atoms with van der Waals surface area (Å²) >= 11 is 0. The first kappa shape index (κ1) is 6.14. The summed E-state index contributed by atoms with van der Waals surface area (Å²) in [6.07, 6.45) is 8.34. The van der Waals surface area contributed by atoms with Gasteiger partial charge in [-0.3, -0.25) is 0 Å². The molecule has 0 bridgehead atoms. The van der Waals surface area contributed by atoms with Gasteiger partial charge in [0, 0.05) is 0 Å². The minimum Gasteiger partial charge on any atom is -0.238 e. The molecular formula is C9H11F. The number of alkyl halides is 1. The smallest absolute Gasteiger partial charge is 0.140 e. The lowest BCUT2D eigenvalue weighted by Gasteiger charge is -2.27. The lowest BCUT2D eigenvalue weighted by atomic mass is 9.79. The third-order valence-corrected chi connectivity index (χ3v) is 2.46. The second-order valence-electron chi connectivity index (χ2n) is 3.08. The highest BCUT2D eigenvalue weighted by Crippen LogP contribution is 2.37. The fourth-order valence-electron chi connectivity index (χ4n) is 1.57. The van der Waals surface area contributed by atoms with E-state index in [1.165, 1.54) is 19.3 Å². The number of allylic oxidation sites excluding steroid dienone is 4. The Morgan fingerprint density at radius 3 is 2.60 bits per heavy atom. The van der Waals surface area contributed by atoms with E-state index < -0.39 is 6.17 Å². The minimum absolute atomic E-state index is 0.574. The lowest BCUT2D eigenvalue weighted by Crippen LogP contribution is -2.17. The van der Waals surface area contributed by atoms with Gasteiger partial charge in [0.25, 0.3) is 0 Å². The van der Waals surface area contributed by atoms with Crippen LogP contribution in [-0.2, 0) is 0 Å². The van der Waals surface area contributed by atoms with Crippen LogP contribution < -0.4 is 0 Å². The van der Waals surface area contributed by atoms with Crippen molar-refractivity contribution in [1.82, 2.24) is 0 Å². The van der Waals surface area contributed by atoms with E-state index in [1.807, 2.05) is 12.2 Å². The molecule has 2 aliphatic rings. The molecule has 0 aliphatic heterocycles. The normalized spacial score (nSPS) is 32.1. The average Bonchev–Trinajstić information content (AvgIpc) is 2.12. The molecule has 0 spiro atoms. The van der Waals surface area contributed by atoms with Gasteiger partial charge in [0.2, 0.25) is 0 Å². The summed E-state index contributed by atoms with van der Waals surface area (Å²) in [4.78, 5) is 0. The van der Waals surface area contributed by atoms with Crippen molar-refractivity contribution in [3.05, 3.63) is 23.8 Å². The molecule has 0 aromatic rings. The Bertz CT molecular complexity index is 187. The van der Waals surface area contributed by atoms with Gasteiger partial charge in [-0.15, -0.1) is 0 Å². The lowest BCUT2D eigenvalue weighted by molar-refractivity contribution is 0.318. The molecule has 1 atom stereocenters. The maximum atomic E-state index is 12.9. The van der Waals surface area contributed by atoms with Gasteiger partial charge in [-0.25, -0.2) is 4.39 Å². The fourth-order valence-corrected chi connectivity index (χ4v) is 1.57. The second kappa shape index (κ2) is 2.22. The van der Waals surface area contributed by atoms with Gasteiger partial charge < -0.3 is 0 Å². The molecule has 0 radical (unpaired) electrons. The number of hydrogen-bond acceptors (Lipinski definition) is 0. The predicted molar refractivity (Wildman–Crippen MR) is 39.5 cm³/mol. The van der Waals surface area contributed by atoms with Crippen molar-refractivity contribution >= 4 is 0 Å². The van der Waals surface area contributed by atoms with Crippen LogP contribution in [0.1, 0.15) is 19.3 Å². The van der Waals surface area contributed by atoms with Crippen LogP contribution in [0.4, 0.5) is 4.39 Å². The summed E-state index contributed by atoms with van der Waals surface area (Å²) < 4.78 is 12.9. The SMILES string of the molecule is FC1C=CC=C1C1CCC1. The number of hydrogen-bond donors (Lipinski definition) is 0. The number of rotatable bonds is 1. The first-order valence-electron chi connectivity index (χ1n) is 3.90. The monoisotopic (exact) mass is 138 g/mol. The van der Waals surface area contributed by atoms with Crippen LogP contribution in [0.3, 0.4) is 0 Å². The molecule has 10 heavy (non-hydrogen) atoms. The van der Waals surface area contributed by atoms with Crippen LogP contribution in [0.15, 0.2) is 23.8 Å². The molecule has 1 heteroatoms. The topological polar surface area (TPSA) is 0 Å². The summed E-state index contributed by atoms with van der Waals surface area (Å²) in [5.41, 5.74) is 1.02. The minimum atomic E-state index is -0.759. The third-order valence-electron chi connectivity index (χ3n) is 2.46. The summed E-state index contributed by atoms with van der Waals surface area (Å²) in [6.45, 7) is 0. The molecule has 0 saturated heterocycles. The van der Waals surface area contributed by atoms with E-state index in [-0.39, 0.29) is 0 Å². The van der Waals surface area contributed by atoms with Crippen molar-refractivity contribution in [2.45, 2.75) is 25.4 Å². The van der Waals surface area contributed by atoms with Gasteiger partial charge in [-0.1, -0.05) is 18.6 Å². The predicted octanol–water partition coefficient (Wildman–Crippen LogP) is 2.62. The molecule has 1 fully saturated rings. The van der Waals surface area contributed by atoms with Gasteiger partial charge >= 0.3 is 0 Å². The zero-order valence-electron chi connectivity index (χ0n) is 5.89. The molecule has 0 N–H and O–H groups in total. The van der Waals surface area contributed by atoms with Gasteiger partial charge in [-0.05, 0) is 30.4 Å². The highest BCUT2D eigenvalue weighted by atomic mass is 19.1. The molecule has 0 amide bonds. The molecule has 54 valence electrons. The van der Waals surface area contributed by atoms with Crippen molar-refractivity contribution in [3.63, 3.8) is 0 Å². The highest BCUT2D eigenvalue weighted by molar-refractivity contribution is 5.31. The van der Waals surface area contributed by atoms with Gasteiger partial charge in [-0.2, -0.15) is 0 Å². The third kappa shape index (κ3) is 0.808. The van der Waals surface area contributed by atoms with Gasteiger partial charge in [0.15, 0.2) is 0 Å². The Balaban J connectivity index is 2.05. The molecule has 1 unspecified atom stereocenters. The summed E-state index contributed by atoms with van der Waals surface area (Å²) in [7, 11) is 0. The molecule has 0 heterocycles. The van der Waals surface area contributed by atoms with Crippen LogP contribution in [0.2, 0.25) is 0 Å². The molecule has 1 saturated carbocycles. The van der Waals surface area contributed by atoms with Gasteiger partial charge in [0.05, 0.1) is 0 Å². The molecular weight excluding hydrogens is 127 g/mol. The van der Waals surface area contributed by atoms with Gasteiger partial charge in [0.1, 0.15) is 6.17 Å². The Kier molecular flexibility index (Phi) is 1.37. The van der Waals surface area contributed by atoms with E-state index in [4.69, 9.17) is 0 Å². The Labute approximate surface area is 60.4 Å². The first-order valence-corrected chi connectivity index (χ1v) is 3.90. The first-order chi connectivity index (χ1) is 4.88.